The molecule has 5 nitrogen and oxygen atoms in total. The molecule has 0 aromatic carbocycles. The van der Waals surface area contributed by atoms with Crippen LogP contribution in [0.15, 0.2) is 0 Å². The van der Waals surface area contributed by atoms with E-state index in [0.717, 1.165) is 6.42 Å². The van der Waals surface area contributed by atoms with E-state index in [-0.39, 0.29) is 5.41 Å². The largest absolute Gasteiger partial charge is 0.454 e. The van der Waals surface area contributed by atoms with Crippen molar-refractivity contribution in [2.75, 3.05) is 0 Å². The molecule has 3 aliphatic carbocycles. The van der Waals surface area contributed by atoms with E-state index < -0.39 is 28.9 Å². The third-order valence-electron chi connectivity index (χ3n) is 4.78. The Kier molecular flexibility index (Phi) is 4.05. The quantitative estimate of drug-likeness (QED) is 0.363. The maximum absolute atomic E-state index is 13.4. The highest BCUT2D eigenvalue weighted by atomic mass is 32.2. The van der Waals surface area contributed by atoms with Gasteiger partial charge in [-0.15, -0.1) is 4.33 Å². The van der Waals surface area contributed by atoms with Crippen molar-refractivity contribution >= 4 is 18.0 Å². The first-order chi connectivity index (χ1) is 9.11. The zero-order chi connectivity index (χ0) is 15.2. The Balaban J connectivity index is 1.95. The lowest BCUT2D eigenvalue weighted by atomic mass is 9.46. The molecule has 0 amide bonds. The van der Waals surface area contributed by atoms with Gasteiger partial charge in [-0.05, 0) is 43.4 Å². The summed E-state index contributed by atoms with van der Waals surface area (Å²) in [6.07, 6.45) is 2.23. The van der Waals surface area contributed by atoms with Crippen molar-refractivity contribution < 1.29 is 32.9 Å². The molecule has 0 heterocycles. The molecular formula is C12H18F2O5S. The van der Waals surface area contributed by atoms with Crippen LogP contribution in [0.25, 0.3) is 0 Å². The maximum atomic E-state index is 13.4. The van der Waals surface area contributed by atoms with E-state index in [2.05, 4.69) is 23.2 Å². The summed E-state index contributed by atoms with van der Waals surface area (Å²) in [5, 5.41) is 6.99. The Bertz CT molecular complexity index is 387. The molecule has 2 unspecified atom stereocenters. The highest BCUT2D eigenvalue weighted by Gasteiger charge is 2.59. The van der Waals surface area contributed by atoms with Crippen molar-refractivity contribution in [1.29, 1.82) is 0 Å². The van der Waals surface area contributed by atoms with E-state index in [1.807, 2.05) is 0 Å². The topological polar surface area (TPSA) is 65.0 Å². The Morgan fingerprint density at radius 2 is 1.85 bits per heavy atom. The van der Waals surface area contributed by atoms with Crippen LogP contribution < -0.4 is 0 Å². The highest BCUT2D eigenvalue weighted by Crippen LogP contribution is 2.62. The number of fused-ring (bicyclic) bond motifs is 2. The van der Waals surface area contributed by atoms with Crippen LogP contribution in [0.3, 0.4) is 0 Å². The second kappa shape index (κ2) is 5.08. The number of esters is 1. The standard InChI is InChI=1S/C12H18F2O5S/c1-10(2)7-4-8(10)6-11(3,5-7)17-9(15)12(13,14)20-19-18-16/h7-8,16H,4-6H2,1-3H3. The second-order valence-electron chi connectivity index (χ2n) is 6.44. The summed E-state index contributed by atoms with van der Waals surface area (Å²) in [7, 11) is 0. The molecule has 0 spiro atoms. The number of carbonyl (C=O) groups excluding carboxylic acids is 1. The fraction of sp³-hybridized carbons (Fsp3) is 0.917. The molecule has 8 heteroatoms. The Hall–Kier alpha value is -0.440. The smallest absolute Gasteiger partial charge is 0.415 e. The Morgan fingerprint density at radius 3 is 2.30 bits per heavy atom. The number of rotatable bonds is 5. The van der Waals surface area contributed by atoms with Gasteiger partial charge in [-0.3, -0.25) is 0 Å². The van der Waals surface area contributed by atoms with Gasteiger partial charge in [-0.25, -0.2) is 10.1 Å². The van der Waals surface area contributed by atoms with Crippen LogP contribution in [-0.4, -0.2) is 22.1 Å². The van der Waals surface area contributed by atoms with Crippen molar-refractivity contribution in [2.24, 2.45) is 17.3 Å². The summed E-state index contributed by atoms with van der Waals surface area (Å²) in [4.78, 5) is 11.5. The molecule has 0 aromatic rings. The van der Waals surface area contributed by atoms with Gasteiger partial charge in [-0.2, -0.15) is 8.78 Å². The van der Waals surface area contributed by atoms with Gasteiger partial charge in [0.2, 0.25) is 0 Å². The van der Waals surface area contributed by atoms with Gasteiger partial charge in [0.15, 0.2) is 0 Å². The molecule has 0 saturated heterocycles. The van der Waals surface area contributed by atoms with Gasteiger partial charge in [0.1, 0.15) is 17.6 Å². The minimum Gasteiger partial charge on any atom is -0.454 e. The van der Waals surface area contributed by atoms with E-state index in [4.69, 9.17) is 9.99 Å². The molecular weight excluding hydrogens is 294 g/mol. The third-order valence-corrected chi connectivity index (χ3v) is 5.28. The average molecular weight is 312 g/mol. The number of alkyl halides is 2. The predicted octanol–water partition coefficient (Wildman–Crippen LogP) is 3.41. The summed E-state index contributed by atoms with van der Waals surface area (Å²) in [5.74, 6) is -0.907. The van der Waals surface area contributed by atoms with E-state index in [9.17, 15) is 13.6 Å². The summed E-state index contributed by atoms with van der Waals surface area (Å²) < 4.78 is 35.4. The summed E-state index contributed by atoms with van der Waals surface area (Å²) in [5.41, 5.74) is -0.679. The average Bonchev–Trinajstić information content (AvgIpc) is 2.35. The van der Waals surface area contributed by atoms with Crippen molar-refractivity contribution in [3.63, 3.8) is 0 Å². The lowest BCUT2D eigenvalue weighted by Crippen LogP contribution is -2.57. The van der Waals surface area contributed by atoms with Gasteiger partial charge >= 0.3 is 11.2 Å². The molecule has 3 fully saturated rings. The van der Waals surface area contributed by atoms with Crippen LogP contribution in [0.4, 0.5) is 8.78 Å². The fourth-order valence-electron chi connectivity index (χ4n) is 3.40. The second-order valence-corrected chi connectivity index (χ2v) is 7.26. The molecule has 3 saturated carbocycles. The minimum atomic E-state index is -3.93. The molecule has 2 bridgehead atoms. The number of hydrogen-bond acceptors (Lipinski definition) is 6. The van der Waals surface area contributed by atoms with Crippen molar-refractivity contribution in [1.82, 2.24) is 0 Å². The van der Waals surface area contributed by atoms with Crippen molar-refractivity contribution in [3.05, 3.63) is 0 Å². The van der Waals surface area contributed by atoms with Crippen LogP contribution in [-0.2, 0) is 18.9 Å². The third kappa shape index (κ3) is 2.79. The Labute approximate surface area is 120 Å². The summed E-state index contributed by atoms with van der Waals surface area (Å²) in [6.45, 7) is 6.00. The molecule has 1 N–H and O–H groups in total. The van der Waals surface area contributed by atoms with E-state index >= 15 is 0 Å². The molecule has 116 valence electrons. The van der Waals surface area contributed by atoms with Crippen molar-refractivity contribution in [2.45, 2.75) is 50.9 Å². The lowest BCUT2D eigenvalue weighted by molar-refractivity contribution is -0.433. The van der Waals surface area contributed by atoms with Gasteiger partial charge in [-0.1, -0.05) is 18.9 Å². The molecule has 20 heavy (non-hydrogen) atoms. The van der Waals surface area contributed by atoms with Gasteiger partial charge in [0, 0.05) is 0 Å². The first-order valence-corrected chi connectivity index (χ1v) is 7.12. The minimum absolute atomic E-state index is 0.191. The first kappa shape index (κ1) is 15.9. The zero-order valence-electron chi connectivity index (χ0n) is 11.5. The molecule has 0 aromatic heterocycles. The fourth-order valence-corrected chi connectivity index (χ4v) is 3.63. The molecule has 0 aliphatic heterocycles. The number of halogens is 2. The van der Waals surface area contributed by atoms with Crippen LogP contribution >= 0.6 is 12.0 Å². The Morgan fingerprint density at radius 1 is 1.30 bits per heavy atom. The highest BCUT2D eigenvalue weighted by molar-refractivity contribution is 7.96. The maximum Gasteiger partial charge on any atom is 0.415 e. The van der Waals surface area contributed by atoms with E-state index in [0.29, 0.717) is 24.7 Å². The van der Waals surface area contributed by atoms with E-state index in [1.54, 1.807) is 6.92 Å². The molecule has 3 aliphatic rings. The molecule has 3 rings (SSSR count). The van der Waals surface area contributed by atoms with Gasteiger partial charge < -0.3 is 4.74 Å². The van der Waals surface area contributed by atoms with Gasteiger partial charge in [0.05, 0.1) is 0 Å². The molecule has 0 radical (unpaired) electrons. The molecule has 2 atom stereocenters. The normalized spacial score (nSPS) is 35.3. The van der Waals surface area contributed by atoms with Gasteiger partial charge in [0.25, 0.3) is 0 Å². The van der Waals surface area contributed by atoms with Crippen molar-refractivity contribution in [3.8, 4) is 0 Å². The summed E-state index contributed by atoms with van der Waals surface area (Å²) >= 11 is -0.594. The first-order valence-electron chi connectivity index (χ1n) is 6.38. The number of hydrogen-bond donors (Lipinski definition) is 1. The van der Waals surface area contributed by atoms with Crippen LogP contribution in [0, 0.1) is 17.3 Å². The summed E-state index contributed by atoms with van der Waals surface area (Å²) in [6, 6.07) is 0. The zero-order valence-corrected chi connectivity index (χ0v) is 12.3. The van der Waals surface area contributed by atoms with Crippen LogP contribution in [0.2, 0.25) is 0 Å². The van der Waals surface area contributed by atoms with E-state index in [1.165, 1.54) is 0 Å². The predicted molar refractivity (Wildman–Crippen MR) is 66.4 cm³/mol. The number of carbonyl (C=O) groups is 1. The monoisotopic (exact) mass is 312 g/mol. The SMILES string of the molecule is CC1(OC(=O)C(F)(F)SOOO)CC2CC(C1)C2(C)C. The number of ether oxygens (including phenoxy) is 1. The van der Waals surface area contributed by atoms with Crippen LogP contribution in [0.1, 0.15) is 40.0 Å². The lowest BCUT2D eigenvalue weighted by Gasteiger charge is -2.61. The van der Waals surface area contributed by atoms with Crippen LogP contribution in [0.5, 0.6) is 0 Å².